The van der Waals surface area contributed by atoms with Crippen LogP contribution in [0, 0.1) is 13.8 Å². The standard InChI is InChI=1S/C17H21N5OS/c1-11-14(9-18-20(11)3)16(23)21-6-4-5-13(10-21)15-17-22(7-8-24-17)12(2)19-15/h7-9,13H,4-6,10H2,1-3H3/t13-/m1/s1. The van der Waals surface area contributed by atoms with Crippen molar-refractivity contribution in [3.05, 3.63) is 40.5 Å². The van der Waals surface area contributed by atoms with Gasteiger partial charge in [-0.2, -0.15) is 5.10 Å². The normalized spacial score (nSPS) is 18.5. The molecule has 1 aliphatic rings. The zero-order valence-electron chi connectivity index (χ0n) is 14.2. The number of imidazole rings is 1. The van der Waals surface area contributed by atoms with E-state index >= 15 is 0 Å². The molecule has 0 N–H and O–H groups in total. The maximum absolute atomic E-state index is 12.9. The molecule has 0 aliphatic carbocycles. The van der Waals surface area contributed by atoms with Crippen molar-refractivity contribution in [2.75, 3.05) is 13.1 Å². The molecule has 0 bridgehead atoms. The van der Waals surface area contributed by atoms with Crippen molar-refractivity contribution in [3.63, 3.8) is 0 Å². The summed E-state index contributed by atoms with van der Waals surface area (Å²) in [5.41, 5.74) is 2.77. The summed E-state index contributed by atoms with van der Waals surface area (Å²) >= 11 is 1.72. The maximum atomic E-state index is 12.9. The van der Waals surface area contributed by atoms with E-state index in [1.807, 2.05) is 25.8 Å². The summed E-state index contributed by atoms with van der Waals surface area (Å²) in [7, 11) is 1.87. The Bertz CT molecular complexity index is 906. The van der Waals surface area contributed by atoms with Crippen LogP contribution >= 0.6 is 11.3 Å². The number of thiazole rings is 1. The number of piperidine rings is 1. The van der Waals surface area contributed by atoms with Gasteiger partial charge in [0.2, 0.25) is 0 Å². The van der Waals surface area contributed by atoms with Gasteiger partial charge in [0.1, 0.15) is 10.7 Å². The molecule has 1 fully saturated rings. The Hall–Kier alpha value is -2.15. The van der Waals surface area contributed by atoms with Crippen molar-refractivity contribution in [1.82, 2.24) is 24.1 Å². The molecule has 0 radical (unpaired) electrons. The number of hydrogen-bond acceptors (Lipinski definition) is 4. The third-order valence-corrected chi connectivity index (χ3v) is 5.91. The average Bonchev–Trinajstić information content (AvgIpc) is 3.26. The van der Waals surface area contributed by atoms with E-state index in [0.29, 0.717) is 11.5 Å². The molecule has 0 saturated carbocycles. The highest BCUT2D eigenvalue weighted by molar-refractivity contribution is 7.15. The van der Waals surface area contributed by atoms with Crippen molar-refractivity contribution in [1.29, 1.82) is 0 Å². The van der Waals surface area contributed by atoms with E-state index in [1.165, 1.54) is 4.83 Å². The number of nitrogens with zero attached hydrogens (tertiary/aromatic N) is 5. The van der Waals surface area contributed by atoms with E-state index in [9.17, 15) is 4.79 Å². The molecule has 1 saturated heterocycles. The van der Waals surface area contributed by atoms with Gasteiger partial charge in [-0.05, 0) is 26.7 Å². The fourth-order valence-corrected chi connectivity index (χ4v) is 4.48. The Morgan fingerprint density at radius 3 is 2.96 bits per heavy atom. The second-order valence-electron chi connectivity index (χ2n) is 6.48. The quantitative estimate of drug-likeness (QED) is 0.719. The molecule has 1 atom stereocenters. The van der Waals surface area contributed by atoms with Gasteiger partial charge in [-0.15, -0.1) is 11.3 Å². The minimum absolute atomic E-state index is 0.0867. The van der Waals surface area contributed by atoms with Gasteiger partial charge >= 0.3 is 0 Å². The first kappa shape index (κ1) is 15.4. The van der Waals surface area contributed by atoms with Crippen molar-refractivity contribution in [3.8, 4) is 0 Å². The van der Waals surface area contributed by atoms with Gasteiger partial charge in [0, 0.05) is 43.3 Å². The van der Waals surface area contributed by atoms with Gasteiger partial charge in [-0.3, -0.25) is 13.9 Å². The highest BCUT2D eigenvalue weighted by Crippen LogP contribution is 2.32. The predicted octanol–water partition coefficient (Wildman–Crippen LogP) is 2.77. The van der Waals surface area contributed by atoms with Crippen LogP contribution in [-0.2, 0) is 7.05 Å². The maximum Gasteiger partial charge on any atom is 0.257 e. The van der Waals surface area contributed by atoms with Crippen LogP contribution in [0.15, 0.2) is 17.8 Å². The van der Waals surface area contributed by atoms with Crippen LogP contribution in [0.1, 0.15) is 46.3 Å². The number of fused-ring (bicyclic) bond motifs is 1. The number of hydrogen-bond donors (Lipinski definition) is 0. The number of carbonyl (C=O) groups excluding carboxylic acids is 1. The lowest BCUT2D eigenvalue weighted by Gasteiger charge is -2.32. The Kier molecular flexibility index (Phi) is 3.68. The Morgan fingerprint density at radius 1 is 1.38 bits per heavy atom. The minimum atomic E-state index is 0.0867. The summed E-state index contributed by atoms with van der Waals surface area (Å²) in [4.78, 5) is 20.8. The SMILES string of the molecule is Cc1c(C(=O)N2CCC[C@@H](c3nc(C)n4ccsc34)C2)cnn1C. The summed E-state index contributed by atoms with van der Waals surface area (Å²) in [6.07, 6.45) is 5.84. The van der Waals surface area contributed by atoms with Gasteiger partial charge in [-0.1, -0.05) is 0 Å². The van der Waals surface area contributed by atoms with Crippen molar-refractivity contribution in [2.24, 2.45) is 7.05 Å². The number of aryl methyl sites for hydroxylation is 2. The zero-order chi connectivity index (χ0) is 16.8. The fourth-order valence-electron chi connectivity index (χ4n) is 3.52. The highest BCUT2D eigenvalue weighted by Gasteiger charge is 2.30. The van der Waals surface area contributed by atoms with Gasteiger partial charge in [0.25, 0.3) is 5.91 Å². The molecule has 0 aromatic carbocycles. The zero-order valence-corrected chi connectivity index (χ0v) is 15.0. The summed E-state index contributed by atoms with van der Waals surface area (Å²) in [5, 5.41) is 6.30. The first-order chi connectivity index (χ1) is 11.6. The smallest absolute Gasteiger partial charge is 0.257 e. The lowest BCUT2D eigenvalue weighted by molar-refractivity contribution is 0.0705. The van der Waals surface area contributed by atoms with Gasteiger partial charge < -0.3 is 4.90 Å². The third-order valence-electron chi connectivity index (χ3n) is 5.02. The number of aromatic nitrogens is 4. The summed E-state index contributed by atoms with van der Waals surface area (Å²) in [5.74, 6) is 1.42. The van der Waals surface area contributed by atoms with Gasteiger partial charge in [-0.25, -0.2) is 4.98 Å². The van der Waals surface area contributed by atoms with Crippen LogP contribution in [0.25, 0.3) is 4.83 Å². The Morgan fingerprint density at radius 2 is 2.21 bits per heavy atom. The fraction of sp³-hybridized carbons (Fsp3) is 0.471. The van der Waals surface area contributed by atoms with Crippen LogP contribution in [0.5, 0.6) is 0 Å². The molecular weight excluding hydrogens is 322 g/mol. The Balaban J connectivity index is 1.61. The largest absolute Gasteiger partial charge is 0.338 e. The molecular formula is C17H21N5OS. The molecule has 4 rings (SSSR count). The molecule has 0 unspecified atom stereocenters. The van der Waals surface area contributed by atoms with E-state index in [0.717, 1.165) is 43.1 Å². The van der Waals surface area contributed by atoms with E-state index in [4.69, 9.17) is 4.98 Å². The van der Waals surface area contributed by atoms with Crippen molar-refractivity contribution >= 4 is 22.1 Å². The topological polar surface area (TPSA) is 55.4 Å². The van der Waals surface area contributed by atoms with Gasteiger partial charge in [0.05, 0.1) is 17.5 Å². The highest BCUT2D eigenvalue weighted by atomic mass is 32.1. The first-order valence-corrected chi connectivity index (χ1v) is 9.14. The summed E-state index contributed by atoms with van der Waals surface area (Å²) in [6.45, 7) is 5.52. The number of rotatable bonds is 2. The second-order valence-corrected chi connectivity index (χ2v) is 7.37. The van der Waals surface area contributed by atoms with E-state index in [1.54, 1.807) is 22.2 Å². The van der Waals surface area contributed by atoms with Crippen LogP contribution in [0.4, 0.5) is 0 Å². The van der Waals surface area contributed by atoms with E-state index in [2.05, 4.69) is 21.1 Å². The van der Waals surface area contributed by atoms with Crippen LogP contribution in [-0.4, -0.2) is 43.1 Å². The lowest BCUT2D eigenvalue weighted by atomic mass is 9.94. The molecule has 6 nitrogen and oxygen atoms in total. The van der Waals surface area contributed by atoms with Crippen LogP contribution in [0.2, 0.25) is 0 Å². The Labute approximate surface area is 144 Å². The van der Waals surface area contributed by atoms with Crippen LogP contribution in [0.3, 0.4) is 0 Å². The molecule has 4 heterocycles. The van der Waals surface area contributed by atoms with E-state index in [-0.39, 0.29) is 5.91 Å². The van der Waals surface area contributed by atoms with Crippen molar-refractivity contribution in [2.45, 2.75) is 32.6 Å². The summed E-state index contributed by atoms with van der Waals surface area (Å²) < 4.78 is 3.90. The molecule has 24 heavy (non-hydrogen) atoms. The number of carbonyl (C=O) groups is 1. The van der Waals surface area contributed by atoms with Crippen molar-refractivity contribution < 1.29 is 4.79 Å². The van der Waals surface area contributed by atoms with E-state index < -0.39 is 0 Å². The molecule has 7 heteroatoms. The molecule has 3 aromatic heterocycles. The number of likely N-dealkylation sites (tertiary alicyclic amines) is 1. The predicted molar refractivity (Wildman–Crippen MR) is 93.6 cm³/mol. The van der Waals surface area contributed by atoms with Crippen LogP contribution < -0.4 is 0 Å². The first-order valence-electron chi connectivity index (χ1n) is 8.26. The molecule has 1 amide bonds. The molecule has 3 aromatic rings. The average molecular weight is 343 g/mol. The second kappa shape index (κ2) is 5.73. The molecule has 126 valence electrons. The van der Waals surface area contributed by atoms with Gasteiger partial charge in [0.15, 0.2) is 0 Å². The summed E-state index contributed by atoms with van der Waals surface area (Å²) in [6, 6.07) is 0. The monoisotopic (exact) mass is 343 g/mol. The third kappa shape index (κ3) is 2.34. The molecule has 0 spiro atoms. The molecule has 1 aliphatic heterocycles. The lowest BCUT2D eigenvalue weighted by Crippen LogP contribution is -2.39. The number of amides is 1. The minimum Gasteiger partial charge on any atom is -0.338 e.